The molecule has 5 nitrogen and oxygen atoms in total. The first kappa shape index (κ1) is 16.8. The average molecular weight is 343 g/mol. The van der Waals surface area contributed by atoms with Crippen LogP contribution in [0.3, 0.4) is 0 Å². The Morgan fingerprint density at radius 2 is 1.96 bits per heavy atom. The van der Waals surface area contributed by atoms with Gasteiger partial charge in [0.05, 0.1) is 18.2 Å². The molecule has 0 saturated heterocycles. The van der Waals surface area contributed by atoms with Crippen molar-refractivity contribution >= 4 is 17.7 Å². The summed E-state index contributed by atoms with van der Waals surface area (Å²) in [6, 6.07) is 7.96. The number of thioether (sulfide) groups is 1. The van der Waals surface area contributed by atoms with Crippen molar-refractivity contribution < 1.29 is 9.53 Å². The van der Waals surface area contributed by atoms with Crippen LogP contribution in [0.4, 0.5) is 0 Å². The first-order chi connectivity index (χ1) is 11.7. The van der Waals surface area contributed by atoms with Gasteiger partial charge in [-0.1, -0.05) is 36.7 Å². The summed E-state index contributed by atoms with van der Waals surface area (Å²) >= 11 is 1.45. The molecule has 0 unspecified atom stereocenters. The van der Waals surface area contributed by atoms with Crippen LogP contribution in [0.5, 0.6) is 5.75 Å². The molecule has 126 valence electrons. The number of aromatic nitrogens is 2. The Morgan fingerprint density at radius 1 is 1.25 bits per heavy atom. The highest BCUT2D eigenvalue weighted by molar-refractivity contribution is 7.98. The van der Waals surface area contributed by atoms with Gasteiger partial charge in [0.2, 0.25) is 0 Å². The number of carbonyl (C=O) groups excluding carboxylic acids is 1. The van der Waals surface area contributed by atoms with E-state index in [0.29, 0.717) is 10.7 Å². The molecule has 1 aromatic carbocycles. The van der Waals surface area contributed by atoms with E-state index in [1.165, 1.54) is 11.8 Å². The van der Waals surface area contributed by atoms with Crippen molar-refractivity contribution in [2.24, 2.45) is 0 Å². The molecule has 0 aliphatic heterocycles. The number of hydrogen-bond donors (Lipinski definition) is 1. The number of benzene rings is 1. The van der Waals surface area contributed by atoms with Gasteiger partial charge in [0.15, 0.2) is 5.16 Å². The number of nitrogens with zero attached hydrogens (tertiary/aromatic N) is 2. The molecular weight excluding hydrogens is 322 g/mol. The van der Waals surface area contributed by atoms with Crippen LogP contribution in [0.15, 0.2) is 41.8 Å². The van der Waals surface area contributed by atoms with Gasteiger partial charge >= 0.3 is 0 Å². The van der Waals surface area contributed by atoms with E-state index in [2.05, 4.69) is 21.4 Å². The predicted octanol–water partition coefficient (Wildman–Crippen LogP) is 3.41. The minimum atomic E-state index is -0.343. The number of methoxy groups -OCH3 is 1. The highest BCUT2D eigenvalue weighted by Crippen LogP contribution is 2.40. The second-order valence-corrected chi connectivity index (χ2v) is 6.71. The van der Waals surface area contributed by atoms with Crippen molar-refractivity contribution in [3.05, 3.63) is 47.8 Å². The number of nitrogens with one attached hydrogen (secondary N) is 1. The summed E-state index contributed by atoms with van der Waals surface area (Å²) in [5, 5.41) is 3.89. The summed E-state index contributed by atoms with van der Waals surface area (Å²) in [7, 11) is 1.66. The van der Waals surface area contributed by atoms with E-state index in [0.717, 1.165) is 37.0 Å². The zero-order valence-electron chi connectivity index (χ0n) is 13.9. The highest BCUT2D eigenvalue weighted by Gasteiger charge is 2.37. The minimum absolute atomic E-state index is 0.132. The first-order valence-corrected chi connectivity index (χ1v) is 9.22. The van der Waals surface area contributed by atoms with Gasteiger partial charge in [0, 0.05) is 12.4 Å². The standard InChI is InChI=1S/C18H21N3O2S/c1-23-15-7-5-6-14(10-15)18(8-3-4-9-18)21-16(22)13-11-19-17(24-2)20-12-13/h5-7,10-12H,3-4,8-9H2,1-2H3,(H,21,22). The van der Waals surface area contributed by atoms with E-state index in [1.54, 1.807) is 19.5 Å². The molecular formula is C18H21N3O2S. The number of rotatable bonds is 5. The molecule has 1 fully saturated rings. The van der Waals surface area contributed by atoms with Crippen LogP contribution in [-0.2, 0) is 5.54 Å². The molecule has 0 spiro atoms. The molecule has 0 atom stereocenters. The summed E-state index contributed by atoms with van der Waals surface area (Å²) in [6.07, 6.45) is 9.13. The molecule has 1 heterocycles. The predicted molar refractivity (Wildman–Crippen MR) is 94.4 cm³/mol. The maximum Gasteiger partial charge on any atom is 0.255 e. The molecule has 6 heteroatoms. The number of ether oxygens (including phenoxy) is 1. The van der Waals surface area contributed by atoms with Crippen molar-refractivity contribution in [1.29, 1.82) is 0 Å². The smallest absolute Gasteiger partial charge is 0.255 e. The maximum absolute atomic E-state index is 12.7. The van der Waals surface area contributed by atoms with Crippen LogP contribution in [0.1, 0.15) is 41.6 Å². The normalized spacial score (nSPS) is 15.9. The van der Waals surface area contributed by atoms with Crippen LogP contribution in [0, 0.1) is 0 Å². The lowest BCUT2D eigenvalue weighted by Crippen LogP contribution is -2.43. The fourth-order valence-electron chi connectivity index (χ4n) is 3.21. The monoisotopic (exact) mass is 343 g/mol. The highest BCUT2D eigenvalue weighted by atomic mass is 32.2. The molecule has 3 rings (SSSR count). The van der Waals surface area contributed by atoms with Gasteiger partial charge in [0.25, 0.3) is 5.91 Å². The van der Waals surface area contributed by atoms with E-state index in [1.807, 2.05) is 24.5 Å². The molecule has 2 aromatic rings. The second kappa shape index (κ2) is 7.21. The Hall–Kier alpha value is -2.08. The Labute approximate surface area is 146 Å². The van der Waals surface area contributed by atoms with E-state index in [9.17, 15) is 4.79 Å². The summed E-state index contributed by atoms with van der Waals surface area (Å²) in [6.45, 7) is 0. The molecule has 1 aliphatic rings. The Morgan fingerprint density at radius 3 is 2.58 bits per heavy atom. The largest absolute Gasteiger partial charge is 0.497 e. The number of amides is 1. The molecule has 24 heavy (non-hydrogen) atoms. The van der Waals surface area contributed by atoms with Crippen molar-refractivity contribution in [2.45, 2.75) is 36.4 Å². The molecule has 1 amide bonds. The molecule has 1 N–H and O–H groups in total. The summed E-state index contributed by atoms with van der Waals surface area (Å²) in [5.41, 5.74) is 1.24. The van der Waals surface area contributed by atoms with Crippen LogP contribution < -0.4 is 10.1 Å². The fraction of sp³-hybridized carbons (Fsp3) is 0.389. The zero-order valence-corrected chi connectivity index (χ0v) is 14.7. The Kier molecular flexibility index (Phi) is 5.04. The molecule has 1 saturated carbocycles. The van der Waals surface area contributed by atoms with E-state index >= 15 is 0 Å². The first-order valence-electron chi connectivity index (χ1n) is 8.00. The van der Waals surface area contributed by atoms with Gasteiger partial charge in [0.1, 0.15) is 5.75 Å². The molecule has 1 aromatic heterocycles. The van der Waals surface area contributed by atoms with Crippen LogP contribution in [0.2, 0.25) is 0 Å². The third-order valence-corrected chi connectivity index (χ3v) is 5.08. The summed E-state index contributed by atoms with van der Waals surface area (Å²) in [5.74, 6) is 0.674. The lowest BCUT2D eigenvalue weighted by atomic mass is 9.87. The molecule has 0 radical (unpaired) electrons. The number of hydrogen-bond acceptors (Lipinski definition) is 5. The van der Waals surface area contributed by atoms with Gasteiger partial charge in [-0.15, -0.1) is 0 Å². The van der Waals surface area contributed by atoms with Crippen molar-refractivity contribution in [1.82, 2.24) is 15.3 Å². The molecule has 0 bridgehead atoms. The fourth-order valence-corrected chi connectivity index (χ4v) is 3.53. The molecule has 1 aliphatic carbocycles. The number of carbonyl (C=O) groups is 1. The topological polar surface area (TPSA) is 64.1 Å². The van der Waals surface area contributed by atoms with Crippen LogP contribution in [-0.4, -0.2) is 29.2 Å². The van der Waals surface area contributed by atoms with Crippen LogP contribution >= 0.6 is 11.8 Å². The zero-order chi connectivity index (χ0) is 17.0. The van der Waals surface area contributed by atoms with Crippen LogP contribution in [0.25, 0.3) is 0 Å². The third-order valence-electron chi connectivity index (χ3n) is 4.51. The van der Waals surface area contributed by atoms with Crippen molar-refractivity contribution in [3.8, 4) is 5.75 Å². The van der Waals surface area contributed by atoms with E-state index in [4.69, 9.17) is 4.74 Å². The summed E-state index contributed by atoms with van der Waals surface area (Å²) < 4.78 is 5.34. The SMILES string of the molecule is COc1cccc(C2(NC(=O)c3cnc(SC)nc3)CCCC2)c1. The van der Waals surface area contributed by atoms with E-state index < -0.39 is 0 Å². The Balaban J connectivity index is 1.86. The summed E-state index contributed by atoms with van der Waals surface area (Å²) in [4.78, 5) is 21.1. The van der Waals surface area contributed by atoms with Gasteiger partial charge < -0.3 is 10.1 Å². The van der Waals surface area contributed by atoms with Crippen molar-refractivity contribution in [3.63, 3.8) is 0 Å². The van der Waals surface area contributed by atoms with Crippen molar-refractivity contribution in [2.75, 3.05) is 13.4 Å². The van der Waals surface area contributed by atoms with Gasteiger partial charge in [-0.2, -0.15) is 0 Å². The Bertz CT molecular complexity index is 712. The lowest BCUT2D eigenvalue weighted by molar-refractivity contribution is 0.0897. The quantitative estimate of drug-likeness (QED) is 0.666. The lowest BCUT2D eigenvalue weighted by Gasteiger charge is -2.31. The van der Waals surface area contributed by atoms with Gasteiger partial charge in [-0.05, 0) is 36.8 Å². The third kappa shape index (κ3) is 3.38. The van der Waals surface area contributed by atoms with Gasteiger partial charge in [-0.3, -0.25) is 4.79 Å². The minimum Gasteiger partial charge on any atom is -0.497 e. The van der Waals surface area contributed by atoms with Gasteiger partial charge in [-0.25, -0.2) is 9.97 Å². The second-order valence-electron chi connectivity index (χ2n) is 5.93. The van der Waals surface area contributed by atoms with E-state index in [-0.39, 0.29) is 11.4 Å². The maximum atomic E-state index is 12.7. The average Bonchev–Trinajstić information content (AvgIpc) is 3.11.